The van der Waals surface area contributed by atoms with E-state index in [1.165, 1.54) is 11.1 Å². The molecule has 6 nitrogen and oxygen atoms in total. The number of hydrogen-bond donors (Lipinski definition) is 1. The highest BCUT2D eigenvalue weighted by atomic mass is 127. The first-order valence-electron chi connectivity index (χ1n) is 5.57. The molecule has 7 heteroatoms. The summed E-state index contributed by atoms with van der Waals surface area (Å²) >= 11 is -0.153. The Kier molecular flexibility index (Phi) is 4.88. The Morgan fingerprint density at radius 2 is 2.35 bits per heavy atom. The number of hydrogen-bond acceptors (Lipinski definition) is 5. The Morgan fingerprint density at radius 1 is 1.50 bits per heavy atom. The van der Waals surface area contributed by atoms with Gasteiger partial charge in [-0.3, -0.25) is 0 Å². The van der Waals surface area contributed by atoms with Crippen molar-refractivity contribution in [3.63, 3.8) is 0 Å². The van der Waals surface area contributed by atoms with E-state index >= 15 is 0 Å². The molecule has 0 aromatic rings. The minimum absolute atomic E-state index is 0.153. The molecule has 0 unspecified atom stereocenters. The van der Waals surface area contributed by atoms with E-state index in [4.69, 9.17) is 0 Å². The van der Waals surface area contributed by atoms with Crippen LogP contribution in [0.3, 0.4) is 0 Å². The number of allylic oxidation sites excluding steroid dienone is 4. The van der Waals surface area contributed by atoms with Gasteiger partial charge in [0.1, 0.15) is 5.82 Å². The molecular weight excluding hydrogens is 371 g/mol. The van der Waals surface area contributed by atoms with Crippen molar-refractivity contribution in [3.8, 4) is 0 Å². The van der Waals surface area contributed by atoms with Crippen LogP contribution in [0.2, 0.25) is 0 Å². The summed E-state index contributed by atoms with van der Waals surface area (Å²) in [6.07, 6.45) is 8.63. The lowest BCUT2D eigenvalue weighted by atomic mass is 10.3. The van der Waals surface area contributed by atoms with Crippen molar-refractivity contribution in [1.29, 1.82) is 0 Å². The predicted octanol–water partition coefficient (Wildman–Crippen LogP) is 0.00690. The Bertz CT molecular complexity index is 612. The molecule has 2 aliphatic rings. The fourth-order valence-corrected chi connectivity index (χ4v) is 2.59. The minimum atomic E-state index is -0.531. The third-order valence-corrected chi connectivity index (χ3v) is 3.68. The first-order valence-corrected chi connectivity index (χ1v) is 8.06. The quantitative estimate of drug-likeness (QED) is 0.323. The van der Waals surface area contributed by atoms with Gasteiger partial charge in [-0.25, -0.2) is 9.98 Å². The smallest absolute Gasteiger partial charge is 0.153 e. The number of nitrogens with one attached hydrogen (secondary N) is 1. The summed E-state index contributed by atoms with van der Waals surface area (Å²) in [6.45, 7) is 3.58. The number of rotatable bonds is 3. The van der Waals surface area contributed by atoms with Gasteiger partial charge in [0.15, 0.2) is 5.82 Å². The van der Waals surface area contributed by atoms with Gasteiger partial charge in [0.05, 0.1) is 10.2 Å². The second kappa shape index (κ2) is 6.85. The summed E-state index contributed by atoms with van der Waals surface area (Å²) in [5.41, 5.74) is 0.357. The summed E-state index contributed by atoms with van der Waals surface area (Å²) in [6, 6.07) is -0.531. The number of aliphatic imine (C=N–C) groups is 2. The average Bonchev–Trinajstić information content (AvgIpc) is 2.49. The van der Waals surface area contributed by atoms with E-state index in [1.807, 2.05) is 4.01 Å². The van der Waals surface area contributed by atoms with Crippen molar-refractivity contribution in [1.82, 2.24) is 10.2 Å². The lowest BCUT2D eigenvalue weighted by Crippen LogP contribution is -2.40. The Labute approximate surface area is 126 Å². The summed E-state index contributed by atoms with van der Waals surface area (Å²) in [4.78, 5) is 9.16. The van der Waals surface area contributed by atoms with Gasteiger partial charge in [0.2, 0.25) is 0 Å². The molecule has 2 rings (SSSR count). The maximum atomic E-state index is 12.1. The highest BCUT2D eigenvalue weighted by Crippen LogP contribution is 2.12. The van der Waals surface area contributed by atoms with Gasteiger partial charge in [-0.1, -0.05) is 33.4 Å². The molecule has 0 aromatic heterocycles. The maximum Gasteiger partial charge on any atom is 0.153 e. The molecule has 104 valence electrons. The second-order valence-electron chi connectivity index (χ2n) is 3.56. The first kappa shape index (κ1) is 14.3. The zero-order valence-corrected chi connectivity index (χ0v) is 12.5. The molecule has 0 spiro atoms. The second-order valence-corrected chi connectivity index (χ2v) is 5.56. The molecule has 0 saturated heterocycles. The third-order valence-electron chi connectivity index (χ3n) is 2.31. The van der Waals surface area contributed by atoms with Gasteiger partial charge in [-0.15, -0.1) is 6.26 Å². The van der Waals surface area contributed by atoms with E-state index in [2.05, 4.69) is 21.9 Å². The number of amidine groups is 1. The van der Waals surface area contributed by atoms with Crippen LogP contribution in [0.15, 0.2) is 70.7 Å². The monoisotopic (exact) mass is 382 g/mol. The highest BCUT2D eigenvalue weighted by molar-refractivity contribution is 14.2. The van der Waals surface area contributed by atoms with Crippen molar-refractivity contribution in [2.24, 2.45) is 9.98 Å². The van der Waals surface area contributed by atoms with Crippen molar-refractivity contribution >= 4 is 35.0 Å². The molecule has 0 aliphatic carbocycles. The molecule has 0 amide bonds. The zero-order valence-electron chi connectivity index (χ0n) is 10.4. The van der Waals surface area contributed by atoms with E-state index < -0.39 is 6.02 Å². The molecule has 1 N–H and O–H groups in total. The molecule has 2 heterocycles. The molecule has 0 radical (unpaired) electrons. The number of halogens is 1. The summed E-state index contributed by atoms with van der Waals surface area (Å²) in [5.74, 6) is 0.773. The minimum Gasteiger partial charge on any atom is -0.876 e. The van der Waals surface area contributed by atoms with Crippen LogP contribution in [0.25, 0.3) is 0 Å². The van der Waals surface area contributed by atoms with Crippen LogP contribution in [-0.2, 0) is 0 Å². The lowest BCUT2D eigenvalue weighted by Gasteiger charge is -2.30. The van der Waals surface area contributed by atoms with Crippen LogP contribution in [0.5, 0.6) is 0 Å². The van der Waals surface area contributed by atoms with E-state index in [0.717, 1.165) is 0 Å². The topological polar surface area (TPSA) is 86.1 Å². The molecule has 20 heavy (non-hydrogen) atoms. The summed E-state index contributed by atoms with van der Waals surface area (Å²) in [7, 11) is 0. The highest BCUT2D eigenvalue weighted by Gasteiger charge is 2.09. The Hall–Kier alpha value is -2.16. The van der Waals surface area contributed by atoms with Gasteiger partial charge >= 0.3 is 0 Å². The van der Waals surface area contributed by atoms with E-state index in [0.29, 0.717) is 23.6 Å². The SMILES string of the molecule is C=CN(C1=CC=CC(=C[O-])N1)C([O-])=NC1=CC=IC=N1. The predicted molar refractivity (Wildman–Crippen MR) is 84.6 cm³/mol. The molecule has 0 aromatic carbocycles. The molecule has 0 atom stereocenters. The van der Waals surface area contributed by atoms with Gasteiger partial charge in [-0.05, 0) is 22.2 Å². The van der Waals surface area contributed by atoms with E-state index in [9.17, 15) is 10.2 Å². The molecular formula is C13H11IN4O2-2. The van der Waals surface area contributed by atoms with Gasteiger partial charge in [-0.2, -0.15) is 0 Å². The van der Waals surface area contributed by atoms with Crippen LogP contribution in [0.1, 0.15) is 0 Å². The van der Waals surface area contributed by atoms with E-state index in [1.54, 1.807) is 28.5 Å². The largest absolute Gasteiger partial charge is 0.876 e. The maximum absolute atomic E-state index is 12.1. The van der Waals surface area contributed by atoms with Crippen LogP contribution >= 0.6 is 20.7 Å². The molecule has 0 bridgehead atoms. The van der Waals surface area contributed by atoms with Crippen molar-refractivity contribution in [2.75, 3.05) is 0 Å². The molecule has 0 fully saturated rings. The zero-order chi connectivity index (χ0) is 14.4. The van der Waals surface area contributed by atoms with Crippen LogP contribution in [-0.4, -0.2) is 19.2 Å². The van der Waals surface area contributed by atoms with Crippen molar-refractivity contribution in [2.45, 2.75) is 0 Å². The molecule has 0 saturated carbocycles. The fourth-order valence-electron chi connectivity index (χ4n) is 1.43. The van der Waals surface area contributed by atoms with Crippen molar-refractivity contribution in [3.05, 3.63) is 60.7 Å². The standard InChI is InChI=1S/C13H13IN4O2/c1-2-18(12-5-3-4-10(8-19)16-12)13(20)17-11-6-7-14-9-15-11/h2-9,16,19H,1H2,(H,15,17,20)/p-2. The van der Waals surface area contributed by atoms with E-state index in [-0.39, 0.29) is 20.7 Å². The number of dihydropyridines is 1. The van der Waals surface area contributed by atoms with Crippen LogP contribution < -0.4 is 15.5 Å². The number of nitrogens with zero attached hydrogens (tertiary/aromatic N) is 3. The summed E-state index contributed by atoms with van der Waals surface area (Å²) < 4.78 is 3.75. The van der Waals surface area contributed by atoms with Gasteiger partial charge < -0.3 is 20.4 Å². The Balaban J connectivity index is 2.22. The van der Waals surface area contributed by atoms with Gasteiger partial charge in [0.25, 0.3) is 0 Å². The third kappa shape index (κ3) is 3.44. The fraction of sp³-hybridized carbons (Fsp3) is 0. The molecule has 2 aliphatic heterocycles. The van der Waals surface area contributed by atoms with Crippen molar-refractivity contribution < 1.29 is 10.2 Å². The van der Waals surface area contributed by atoms with Crippen LogP contribution in [0, 0.1) is 0 Å². The van der Waals surface area contributed by atoms with Gasteiger partial charge in [0, 0.05) is 11.9 Å². The summed E-state index contributed by atoms with van der Waals surface area (Å²) in [5, 5.41) is 25.7. The normalized spacial score (nSPS) is 19.8. The van der Waals surface area contributed by atoms with Crippen LogP contribution in [0.4, 0.5) is 0 Å². The average molecular weight is 382 g/mol. The lowest BCUT2D eigenvalue weighted by molar-refractivity contribution is -0.276. The first-order chi connectivity index (χ1) is 9.74. The Morgan fingerprint density at radius 3 is 3.00 bits per heavy atom.